The van der Waals surface area contributed by atoms with Crippen LogP contribution in [0.4, 0.5) is 0 Å². The Labute approximate surface area is 125 Å². The van der Waals surface area contributed by atoms with E-state index in [1.54, 1.807) is 30.3 Å². The van der Waals surface area contributed by atoms with Crippen molar-refractivity contribution in [2.45, 2.75) is 13.5 Å². The lowest BCUT2D eigenvalue weighted by molar-refractivity contribution is -0.116. The Bertz CT molecular complexity index is 754. The van der Waals surface area contributed by atoms with Crippen molar-refractivity contribution >= 4 is 17.4 Å². The molecular formula is C13H11ClN6O. The molecule has 0 bridgehead atoms. The average molecular weight is 303 g/mol. The number of halogens is 1. The van der Waals surface area contributed by atoms with E-state index < -0.39 is 5.78 Å². The van der Waals surface area contributed by atoms with E-state index in [1.807, 2.05) is 0 Å². The maximum Gasteiger partial charge on any atom is 0.206 e. The SMILES string of the molecule is C/C(N)=C(/C#N)C(=O)Cn1nnc(-c2ccccc2Cl)n1. The summed E-state index contributed by atoms with van der Waals surface area (Å²) in [4.78, 5) is 13.0. The van der Waals surface area contributed by atoms with E-state index in [9.17, 15) is 4.79 Å². The van der Waals surface area contributed by atoms with Gasteiger partial charge in [-0.2, -0.15) is 10.1 Å². The molecule has 7 nitrogen and oxygen atoms in total. The summed E-state index contributed by atoms with van der Waals surface area (Å²) >= 11 is 6.04. The fourth-order valence-corrected chi connectivity index (χ4v) is 1.86. The van der Waals surface area contributed by atoms with Gasteiger partial charge in [-0.15, -0.1) is 10.2 Å². The van der Waals surface area contributed by atoms with E-state index >= 15 is 0 Å². The summed E-state index contributed by atoms with van der Waals surface area (Å²) in [5.74, 6) is -0.166. The molecule has 0 saturated heterocycles. The van der Waals surface area contributed by atoms with Gasteiger partial charge in [-0.1, -0.05) is 23.7 Å². The quantitative estimate of drug-likeness (QED) is 0.673. The van der Waals surface area contributed by atoms with Crippen LogP contribution in [0, 0.1) is 11.3 Å². The number of nitriles is 1. The molecule has 0 unspecified atom stereocenters. The van der Waals surface area contributed by atoms with Crippen molar-refractivity contribution in [2.24, 2.45) is 5.73 Å². The highest BCUT2D eigenvalue weighted by atomic mass is 35.5. The highest BCUT2D eigenvalue weighted by molar-refractivity contribution is 6.33. The van der Waals surface area contributed by atoms with E-state index in [-0.39, 0.29) is 17.8 Å². The number of carbonyl (C=O) groups is 1. The van der Waals surface area contributed by atoms with Crippen LogP contribution in [-0.4, -0.2) is 26.0 Å². The number of allylic oxidation sites excluding steroid dienone is 2. The van der Waals surface area contributed by atoms with Gasteiger partial charge >= 0.3 is 0 Å². The second-order valence-corrected chi connectivity index (χ2v) is 4.62. The number of benzene rings is 1. The van der Waals surface area contributed by atoms with E-state index in [1.165, 1.54) is 6.92 Å². The fraction of sp³-hybridized carbons (Fsp3) is 0.154. The summed E-state index contributed by atoms with van der Waals surface area (Å²) in [6, 6.07) is 8.79. The van der Waals surface area contributed by atoms with Crippen LogP contribution >= 0.6 is 11.6 Å². The fourth-order valence-electron chi connectivity index (χ4n) is 1.64. The molecule has 0 fully saturated rings. The number of nitrogens with zero attached hydrogens (tertiary/aromatic N) is 5. The lowest BCUT2D eigenvalue weighted by Crippen LogP contribution is -2.17. The Morgan fingerprint density at radius 3 is 2.81 bits per heavy atom. The second kappa shape index (κ2) is 6.15. The van der Waals surface area contributed by atoms with Gasteiger partial charge in [0, 0.05) is 11.3 Å². The molecule has 21 heavy (non-hydrogen) atoms. The molecule has 2 N–H and O–H groups in total. The second-order valence-electron chi connectivity index (χ2n) is 4.22. The first-order valence-corrected chi connectivity index (χ1v) is 6.33. The number of nitrogens with two attached hydrogens (primary N) is 1. The molecule has 106 valence electrons. The zero-order chi connectivity index (χ0) is 15.4. The zero-order valence-corrected chi connectivity index (χ0v) is 11.9. The third kappa shape index (κ3) is 3.24. The van der Waals surface area contributed by atoms with Crippen LogP contribution in [0.5, 0.6) is 0 Å². The van der Waals surface area contributed by atoms with Gasteiger partial charge in [-0.25, -0.2) is 0 Å². The third-order valence-corrected chi connectivity index (χ3v) is 2.97. The minimum absolute atomic E-state index is 0.105. The topological polar surface area (TPSA) is 110 Å². The minimum Gasteiger partial charge on any atom is -0.401 e. The van der Waals surface area contributed by atoms with Crippen molar-refractivity contribution < 1.29 is 4.79 Å². The molecule has 0 aliphatic carbocycles. The van der Waals surface area contributed by atoms with Crippen LogP contribution in [0.1, 0.15) is 6.92 Å². The number of rotatable bonds is 4. The molecule has 0 amide bonds. The Balaban J connectivity index is 2.23. The summed E-state index contributed by atoms with van der Waals surface area (Å²) in [7, 11) is 0. The zero-order valence-electron chi connectivity index (χ0n) is 11.1. The van der Waals surface area contributed by atoms with Crippen molar-refractivity contribution in [3.8, 4) is 17.5 Å². The van der Waals surface area contributed by atoms with Gasteiger partial charge in [0.15, 0.2) is 5.78 Å². The number of hydrogen-bond donors (Lipinski definition) is 1. The van der Waals surface area contributed by atoms with Crippen molar-refractivity contribution in [1.82, 2.24) is 20.2 Å². The molecule has 2 rings (SSSR count). The largest absolute Gasteiger partial charge is 0.401 e. The van der Waals surface area contributed by atoms with Crippen LogP contribution in [-0.2, 0) is 11.3 Å². The number of tetrazole rings is 1. The standard InChI is InChI=1S/C13H11ClN6O/c1-8(16)10(6-15)12(21)7-20-18-13(17-19-20)9-4-2-3-5-11(9)14/h2-5H,7,16H2,1H3/b10-8+. The lowest BCUT2D eigenvalue weighted by atomic mass is 10.1. The summed E-state index contributed by atoms with van der Waals surface area (Å²) in [6.07, 6.45) is 0. The van der Waals surface area contributed by atoms with Gasteiger partial charge in [0.2, 0.25) is 5.82 Å². The Kier molecular flexibility index (Phi) is 4.30. The van der Waals surface area contributed by atoms with Crippen molar-refractivity contribution in [3.63, 3.8) is 0 Å². The highest BCUT2D eigenvalue weighted by Gasteiger charge is 2.15. The van der Waals surface area contributed by atoms with Gasteiger partial charge in [-0.3, -0.25) is 4.79 Å². The van der Waals surface area contributed by atoms with E-state index in [2.05, 4.69) is 15.4 Å². The molecule has 0 aliphatic rings. The number of hydrogen-bond acceptors (Lipinski definition) is 6. The molecule has 0 atom stereocenters. The number of carbonyl (C=O) groups excluding carboxylic acids is 1. The van der Waals surface area contributed by atoms with E-state index in [4.69, 9.17) is 22.6 Å². The molecule has 0 radical (unpaired) electrons. The average Bonchev–Trinajstić information content (AvgIpc) is 2.87. The van der Waals surface area contributed by atoms with Crippen LogP contribution < -0.4 is 5.73 Å². The monoisotopic (exact) mass is 302 g/mol. The maximum absolute atomic E-state index is 11.9. The van der Waals surface area contributed by atoms with Crippen LogP contribution in [0.25, 0.3) is 11.4 Å². The van der Waals surface area contributed by atoms with Crippen LogP contribution in [0.15, 0.2) is 35.5 Å². The summed E-state index contributed by atoms with van der Waals surface area (Å²) in [5, 5.41) is 21.0. The van der Waals surface area contributed by atoms with Crippen molar-refractivity contribution in [3.05, 3.63) is 40.6 Å². The first-order chi connectivity index (χ1) is 10.0. The normalized spacial score (nSPS) is 11.7. The molecular weight excluding hydrogens is 292 g/mol. The van der Waals surface area contributed by atoms with Crippen molar-refractivity contribution in [2.75, 3.05) is 0 Å². The van der Waals surface area contributed by atoms with E-state index in [0.29, 0.717) is 16.4 Å². The summed E-state index contributed by atoms with van der Waals surface area (Å²) in [6.45, 7) is 1.27. The molecule has 0 spiro atoms. The van der Waals surface area contributed by atoms with Crippen LogP contribution in [0.3, 0.4) is 0 Å². The summed E-state index contributed by atoms with van der Waals surface area (Å²) in [5.41, 5.74) is 6.14. The number of aromatic nitrogens is 4. The van der Waals surface area contributed by atoms with Gasteiger partial charge < -0.3 is 5.73 Å². The molecule has 0 saturated carbocycles. The summed E-state index contributed by atoms with van der Waals surface area (Å²) < 4.78 is 0. The smallest absolute Gasteiger partial charge is 0.206 e. The first kappa shape index (κ1) is 14.7. The Hall–Kier alpha value is -2.72. The predicted molar refractivity (Wildman–Crippen MR) is 75.8 cm³/mol. The minimum atomic E-state index is -0.472. The van der Waals surface area contributed by atoms with Crippen molar-refractivity contribution in [1.29, 1.82) is 5.26 Å². The third-order valence-electron chi connectivity index (χ3n) is 2.64. The number of ketones is 1. The Morgan fingerprint density at radius 1 is 1.48 bits per heavy atom. The molecule has 1 aromatic heterocycles. The van der Waals surface area contributed by atoms with Gasteiger partial charge in [0.05, 0.1) is 5.02 Å². The molecule has 1 heterocycles. The first-order valence-electron chi connectivity index (χ1n) is 5.95. The molecule has 0 aliphatic heterocycles. The maximum atomic E-state index is 11.9. The molecule has 8 heteroatoms. The Morgan fingerprint density at radius 2 is 2.19 bits per heavy atom. The van der Waals surface area contributed by atoms with Gasteiger partial charge in [0.1, 0.15) is 18.2 Å². The molecule has 2 aromatic rings. The van der Waals surface area contributed by atoms with Crippen LogP contribution in [0.2, 0.25) is 5.02 Å². The number of Topliss-reactive ketones (excluding diaryl/α,β-unsaturated/α-hetero) is 1. The predicted octanol–water partition coefficient (Wildman–Crippen LogP) is 1.32. The molecule has 1 aromatic carbocycles. The lowest BCUT2D eigenvalue weighted by Gasteiger charge is -1.99. The highest BCUT2D eigenvalue weighted by Crippen LogP contribution is 2.23. The van der Waals surface area contributed by atoms with Gasteiger partial charge in [-0.05, 0) is 24.3 Å². The van der Waals surface area contributed by atoms with Gasteiger partial charge in [0.25, 0.3) is 0 Å². The van der Waals surface area contributed by atoms with E-state index in [0.717, 1.165) is 4.80 Å².